The molecule has 0 heteroatoms. The molecule has 0 radical (unpaired) electrons. The minimum absolute atomic E-state index is 0.690. The fraction of sp³-hybridized carbons (Fsp3) is 0.294. The van der Waals surface area contributed by atoms with Crippen molar-refractivity contribution in [3.8, 4) is 0 Å². The molecular formula is C17H18. The Bertz CT molecular complexity index is 525. The average molecular weight is 222 g/mol. The van der Waals surface area contributed by atoms with Crippen LogP contribution in [0, 0.1) is 0 Å². The van der Waals surface area contributed by atoms with Crippen LogP contribution in [0.15, 0.2) is 48.5 Å². The van der Waals surface area contributed by atoms with Gasteiger partial charge in [-0.15, -0.1) is 0 Å². The van der Waals surface area contributed by atoms with Crippen molar-refractivity contribution in [2.24, 2.45) is 0 Å². The number of hydrogen-bond acceptors (Lipinski definition) is 0. The van der Waals surface area contributed by atoms with E-state index in [1.165, 1.54) is 29.5 Å². The molecule has 1 atom stereocenters. The first-order chi connectivity index (χ1) is 8.38. The van der Waals surface area contributed by atoms with Crippen molar-refractivity contribution in [2.45, 2.75) is 32.1 Å². The third-order valence-corrected chi connectivity index (χ3v) is 3.95. The molecule has 0 amide bonds. The van der Waals surface area contributed by atoms with E-state index in [0.717, 1.165) is 6.42 Å². The minimum atomic E-state index is 0.690. The quantitative estimate of drug-likeness (QED) is 0.674. The normalized spacial score (nSPS) is 18.1. The van der Waals surface area contributed by atoms with E-state index >= 15 is 0 Å². The van der Waals surface area contributed by atoms with Gasteiger partial charge in [0.2, 0.25) is 0 Å². The van der Waals surface area contributed by atoms with E-state index in [2.05, 4.69) is 55.5 Å². The van der Waals surface area contributed by atoms with Crippen LogP contribution in [0.5, 0.6) is 0 Å². The van der Waals surface area contributed by atoms with Gasteiger partial charge in [0, 0.05) is 0 Å². The number of rotatable bonds is 1. The van der Waals surface area contributed by atoms with Crippen molar-refractivity contribution in [3.63, 3.8) is 0 Å². The Hall–Kier alpha value is -1.56. The maximum Gasteiger partial charge on any atom is -0.00202 e. The third-order valence-electron chi connectivity index (χ3n) is 3.95. The van der Waals surface area contributed by atoms with Crippen molar-refractivity contribution in [1.82, 2.24) is 0 Å². The SMILES string of the molecule is CCC1Cc2ccccc2Cc2ccccc21. The zero-order chi connectivity index (χ0) is 11.7. The molecule has 0 heterocycles. The van der Waals surface area contributed by atoms with Crippen LogP contribution >= 0.6 is 0 Å². The van der Waals surface area contributed by atoms with Crippen molar-refractivity contribution in [3.05, 3.63) is 70.8 Å². The monoisotopic (exact) mass is 222 g/mol. The second kappa shape index (κ2) is 4.37. The molecule has 2 aromatic rings. The number of hydrogen-bond donors (Lipinski definition) is 0. The largest absolute Gasteiger partial charge is 0.0648 e. The molecule has 0 bridgehead atoms. The van der Waals surface area contributed by atoms with Gasteiger partial charge >= 0.3 is 0 Å². The zero-order valence-electron chi connectivity index (χ0n) is 10.3. The molecule has 0 fully saturated rings. The summed E-state index contributed by atoms with van der Waals surface area (Å²) in [7, 11) is 0. The highest BCUT2D eigenvalue weighted by atomic mass is 14.2. The summed E-state index contributed by atoms with van der Waals surface area (Å²) < 4.78 is 0. The van der Waals surface area contributed by atoms with Crippen LogP contribution in [-0.2, 0) is 12.8 Å². The lowest BCUT2D eigenvalue weighted by atomic mass is 9.89. The lowest BCUT2D eigenvalue weighted by Gasteiger charge is -2.15. The molecule has 0 saturated carbocycles. The highest BCUT2D eigenvalue weighted by Gasteiger charge is 2.19. The van der Waals surface area contributed by atoms with Crippen molar-refractivity contribution in [1.29, 1.82) is 0 Å². The summed E-state index contributed by atoms with van der Waals surface area (Å²) in [4.78, 5) is 0. The van der Waals surface area contributed by atoms with Crippen LogP contribution in [0.3, 0.4) is 0 Å². The van der Waals surface area contributed by atoms with Crippen LogP contribution in [0.25, 0.3) is 0 Å². The molecule has 0 N–H and O–H groups in total. The predicted octanol–water partition coefficient (Wildman–Crippen LogP) is 4.33. The van der Waals surface area contributed by atoms with Crippen LogP contribution in [0.2, 0.25) is 0 Å². The van der Waals surface area contributed by atoms with Crippen molar-refractivity contribution in [2.75, 3.05) is 0 Å². The second-order valence-corrected chi connectivity index (χ2v) is 4.95. The van der Waals surface area contributed by atoms with Gasteiger partial charge in [0.25, 0.3) is 0 Å². The molecule has 86 valence electrons. The Balaban J connectivity index is 2.13. The maximum atomic E-state index is 2.31. The summed E-state index contributed by atoms with van der Waals surface area (Å²) in [6, 6.07) is 17.9. The summed E-state index contributed by atoms with van der Waals surface area (Å²) in [6.07, 6.45) is 3.53. The average Bonchev–Trinajstić information content (AvgIpc) is 2.54. The van der Waals surface area contributed by atoms with E-state index in [9.17, 15) is 0 Å². The molecule has 0 aromatic heterocycles. The molecule has 2 aromatic carbocycles. The van der Waals surface area contributed by atoms with Gasteiger partial charge in [0.05, 0.1) is 0 Å². The Morgan fingerprint density at radius 3 is 2.29 bits per heavy atom. The molecule has 1 aliphatic rings. The fourth-order valence-electron chi connectivity index (χ4n) is 2.97. The van der Waals surface area contributed by atoms with Crippen molar-refractivity contribution < 1.29 is 0 Å². The summed E-state index contributed by atoms with van der Waals surface area (Å²) in [5, 5.41) is 0. The van der Waals surface area contributed by atoms with E-state index in [1.54, 1.807) is 5.56 Å². The predicted molar refractivity (Wildman–Crippen MR) is 72.4 cm³/mol. The standard InChI is InChI=1S/C17H18/c1-2-13-11-14-7-3-4-8-15(14)12-16-9-5-6-10-17(13)16/h3-10,13H,2,11-12H2,1H3. The molecule has 0 spiro atoms. The molecule has 3 rings (SSSR count). The Kier molecular flexibility index (Phi) is 2.72. The smallest absolute Gasteiger partial charge is 0.00202 e. The van der Waals surface area contributed by atoms with E-state index in [-0.39, 0.29) is 0 Å². The van der Waals surface area contributed by atoms with Crippen LogP contribution < -0.4 is 0 Å². The Morgan fingerprint density at radius 2 is 1.53 bits per heavy atom. The van der Waals surface area contributed by atoms with Crippen molar-refractivity contribution >= 4 is 0 Å². The first-order valence-electron chi connectivity index (χ1n) is 6.53. The Morgan fingerprint density at radius 1 is 0.882 bits per heavy atom. The van der Waals surface area contributed by atoms with Gasteiger partial charge in [-0.25, -0.2) is 0 Å². The molecule has 17 heavy (non-hydrogen) atoms. The van der Waals surface area contributed by atoms with Gasteiger partial charge in [-0.3, -0.25) is 0 Å². The van der Waals surface area contributed by atoms with E-state index in [0.29, 0.717) is 5.92 Å². The fourth-order valence-corrected chi connectivity index (χ4v) is 2.97. The number of benzene rings is 2. The van der Waals surface area contributed by atoms with Crippen LogP contribution in [-0.4, -0.2) is 0 Å². The maximum absolute atomic E-state index is 2.31. The van der Waals surface area contributed by atoms with E-state index in [1.807, 2.05) is 0 Å². The van der Waals surface area contributed by atoms with Gasteiger partial charge in [-0.2, -0.15) is 0 Å². The summed E-state index contributed by atoms with van der Waals surface area (Å²) in [5.41, 5.74) is 6.13. The van der Waals surface area contributed by atoms with Gasteiger partial charge in [0.1, 0.15) is 0 Å². The molecule has 0 nitrogen and oxygen atoms in total. The first-order valence-corrected chi connectivity index (χ1v) is 6.53. The zero-order valence-corrected chi connectivity index (χ0v) is 10.3. The first kappa shape index (κ1) is 10.6. The van der Waals surface area contributed by atoms with Gasteiger partial charge in [0.15, 0.2) is 0 Å². The lowest BCUT2D eigenvalue weighted by Crippen LogP contribution is -2.01. The molecule has 1 unspecified atom stereocenters. The van der Waals surface area contributed by atoms with E-state index in [4.69, 9.17) is 0 Å². The second-order valence-electron chi connectivity index (χ2n) is 4.95. The highest BCUT2D eigenvalue weighted by molar-refractivity contribution is 5.42. The van der Waals surface area contributed by atoms with Gasteiger partial charge in [-0.05, 0) is 47.4 Å². The summed E-state index contributed by atoms with van der Waals surface area (Å²) in [6.45, 7) is 2.30. The number of fused-ring (bicyclic) bond motifs is 2. The Labute approximate surface area is 103 Å². The summed E-state index contributed by atoms with van der Waals surface area (Å²) in [5.74, 6) is 0.690. The molecule has 0 aliphatic heterocycles. The lowest BCUT2D eigenvalue weighted by molar-refractivity contribution is 0.661. The van der Waals surface area contributed by atoms with Gasteiger partial charge < -0.3 is 0 Å². The van der Waals surface area contributed by atoms with Crippen LogP contribution in [0.4, 0.5) is 0 Å². The summed E-state index contributed by atoms with van der Waals surface area (Å²) >= 11 is 0. The third kappa shape index (κ3) is 1.88. The highest BCUT2D eigenvalue weighted by Crippen LogP contribution is 2.33. The van der Waals surface area contributed by atoms with Gasteiger partial charge in [-0.1, -0.05) is 55.5 Å². The van der Waals surface area contributed by atoms with Crippen LogP contribution in [0.1, 0.15) is 41.5 Å². The topological polar surface area (TPSA) is 0 Å². The molecule has 0 saturated heterocycles. The molecular weight excluding hydrogens is 204 g/mol. The molecule has 1 aliphatic carbocycles. The van der Waals surface area contributed by atoms with E-state index < -0.39 is 0 Å². The minimum Gasteiger partial charge on any atom is -0.0648 e.